The fourth-order valence-electron chi connectivity index (χ4n) is 4.22. The first-order valence-electron chi connectivity index (χ1n) is 9.95. The van der Waals surface area contributed by atoms with Crippen LogP contribution < -0.4 is 15.3 Å². The second-order valence-corrected chi connectivity index (χ2v) is 8.10. The summed E-state index contributed by atoms with van der Waals surface area (Å²) in [5.74, 6) is 0.818. The van der Waals surface area contributed by atoms with Gasteiger partial charge in [0.15, 0.2) is 0 Å². The highest BCUT2D eigenvalue weighted by Gasteiger charge is 2.26. The van der Waals surface area contributed by atoms with Crippen LogP contribution in [0.25, 0.3) is 22.1 Å². The second kappa shape index (κ2) is 7.63. The number of quaternary nitrogens is 1. The molecule has 0 spiro atoms. The van der Waals surface area contributed by atoms with Gasteiger partial charge in [0.25, 0.3) is 0 Å². The van der Waals surface area contributed by atoms with Crippen LogP contribution in [0.15, 0.2) is 75.9 Å². The average Bonchev–Trinajstić information content (AvgIpc) is 2.76. The van der Waals surface area contributed by atoms with Crippen LogP contribution in [0.1, 0.15) is 16.7 Å². The van der Waals surface area contributed by atoms with Crippen molar-refractivity contribution in [2.24, 2.45) is 0 Å². The molecule has 3 aromatic carbocycles. The zero-order valence-electron chi connectivity index (χ0n) is 16.6. The lowest BCUT2D eigenvalue weighted by Gasteiger charge is -2.28. The Morgan fingerprint density at radius 3 is 2.60 bits per heavy atom. The predicted molar refractivity (Wildman–Crippen MR) is 118 cm³/mol. The van der Waals surface area contributed by atoms with Gasteiger partial charge >= 0.3 is 5.63 Å². The van der Waals surface area contributed by atoms with E-state index in [1.807, 2.05) is 55.5 Å². The molecular formula is C25H21ClNO3+. The highest BCUT2D eigenvalue weighted by molar-refractivity contribution is 6.31. The van der Waals surface area contributed by atoms with Crippen LogP contribution in [-0.4, -0.2) is 6.73 Å². The van der Waals surface area contributed by atoms with Gasteiger partial charge < -0.3 is 9.15 Å². The summed E-state index contributed by atoms with van der Waals surface area (Å²) in [5.41, 5.74) is 5.20. The third-order valence-corrected chi connectivity index (χ3v) is 6.00. The molecule has 30 heavy (non-hydrogen) atoms. The molecule has 1 atom stereocenters. The maximum Gasteiger partial charge on any atom is 0.336 e. The first kappa shape index (κ1) is 18.9. The van der Waals surface area contributed by atoms with Gasteiger partial charge in [0.2, 0.25) is 6.73 Å². The van der Waals surface area contributed by atoms with E-state index >= 15 is 0 Å². The summed E-state index contributed by atoms with van der Waals surface area (Å²) in [6.45, 7) is 4.08. The lowest BCUT2D eigenvalue weighted by molar-refractivity contribution is -0.945. The smallest absolute Gasteiger partial charge is 0.336 e. The first-order valence-corrected chi connectivity index (χ1v) is 10.3. The van der Waals surface area contributed by atoms with Gasteiger partial charge in [-0.25, -0.2) is 4.79 Å². The van der Waals surface area contributed by atoms with Crippen LogP contribution in [0.3, 0.4) is 0 Å². The Hall–Kier alpha value is -3.08. The predicted octanol–water partition coefficient (Wildman–Crippen LogP) is 4.36. The van der Waals surface area contributed by atoms with Crippen molar-refractivity contribution in [2.45, 2.75) is 20.0 Å². The summed E-state index contributed by atoms with van der Waals surface area (Å²) in [6, 6.07) is 21.5. The number of ether oxygens (including phenoxy) is 1. The molecule has 0 fully saturated rings. The highest BCUT2D eigenvalue weighted by atomic mass is 35.5. The Morgan fingerprint density at radius 1 is 1.03 bits per heavy atom. The molecule has 1 N–H and O–H groups in total. The van der Waals surface area contributed by atoms with Crippen LogP contribution >= 0.6 is 11.6 Å². The van der Waals surface area contributed by atoms with Crippen molar-refractivity contribution in [3.8, 4) is 16.9 Å². The monoisotopic (exact) mass is 418 g/mol. The maximum atomic E-state index is 12.3. The molecule has 150 valence electrons. The second-order valence-electron chi connectivity index (χ2n) is 7.70. The molecule has 0 saturated carbocycles. The minimum absolute atomic E-state index is 0.355. The van der Waals surface area contributed by atoms with Gasteiger partial charge in [-0.3, -0.25) is 4.90 Å². The van der Waals surface area contributed by atoms with Gasteiger partial charge in [0.1, 0.15) is 24.4 Å². The molecule has 0 aliphatic carbocycles. The molecule has 1 aromatic heterocycles. The average molecular weight is 419 g/mol. The van der Waals surface area contributed by atoms with Crippen molar-refractivity contribution in [1.82, 2.24) is 0 Å². The third kappa shape index (κ3) is 3.38. The van der Waals surface area contributed by atoms with Crippen molar-refractivity contribution < 1.29 is 14.1 Å². The summed E-state index contributed by atoms with van der Waals surface area (Å²) in [6.07, 6.45) is 0. The van der Waals surface area contributed by atoms with Crippen molar-refractivity contribution in [3.63, 3.8) is 0 Å². The number of hydrogen-bond donors (Lipinski definition) is 1. The van der Waals surface area contributed by atoms with E-state index < -0.39 is 0 Å². The van der Waals surface area contributed by atoms with Crippen LogP contribution in [0.2, 0.25) is 5.02 Å². The molecule has 0 radical (unpaired) electrons. The SMILES string of the molecule is Cc1c2c(cc3c(-c4ccccc4)cc(=O)oc13)C[NH+](Cc1ccccc1Cl)CO2. The van der Waals surface area contributed by atoms with Gasteiger partial charge in [-0.15, -0.1) is 0 Å². The Balaban J connectivity index is 1.59. The zero-order chi connectivity index (χ0) is 20.7. The van der Waals surface area contributed by atoms with Crippen LogP contribution in [0, 0.1) is 6.92 Å². The normalized spacial score (nSPS) is 15.6. The topological polar surface area (TPSA) is 43.9 Å². The minimum atomic E-state index is -0.355. The van der Waals surface area contributed by atoms with Crippen LogP contribution in [0.5, 0.6) is 5.75 Å². The van der Waals surface area contributed by atoms with E-state index in [2.05, 4.69) is 12.1 Å². The number of halogens is 1. The molecule has 4 nitrogen and oxygen atoms in total. The lowest BCUT2D eigenvalue weighted by Crippen LogP contribution is -3.10. The molecule has 0 bridgehead atoms. The Labute approximate surface area is 179 Å². The molecular weight excluding hydrogens is 398 g/mol. The number of benzene rings is 3. The third-order valence-electron chi connectivity index (χ3n) is 5.64. The number of nitrogens with one attached hydrogen (secondary N) is 1. The van der Waals surface area contributed by atoms with Crippen LogP contribution in [-0.2, 0) is 13.1 Å². The molecule has 5 rings (SSSR count). The first-order chi connectivity index (χ1) is 14.6. The fourth-order valence-corrected chi connectivity index (χ4v) is 4.42. The van der Waals surface area contributed by atoms with Gasteiger partial charge in [0.05, 0.1) is 0 Å². The fraction of sp³-hybridized carbons (Fsp3) is 0.160. The lowest BCUT2D eigenvalue weighted by atomic mass is 9.97. The number of hydrogen-bond acceptors (Lipinski definition) is 3. The standard InChI is InChI=1S/C25H20ClNO3/c1-16-24-19(14-27(15-29-24)13-18-9-5-6-10-22(18)26)11-21-20(12-23(28)30-25(16)21)17-7-3-2-4-8-17/h2-12H,13-15H2,1H3/p+1. The van der Waals surface area contributed by atoms with E-state index in [0.29, 0.717) is 12.3 Å². The summed E-state index contributed by atoms with van der Waals surface area (Å²) in [7, 11) is 0. The molecule has 1 aliphatic rings. The summed E-state index contributed by atoms with van der Waals surface area (Å²) < 4.78 is 11.7. The van der Waals surface area contributed by atoms with E-state index in [9.17, 15) is 4.79 Å². The molecule has 1 unspecified atom stereocenters. The van der Waals surface area contributed by atoms with E-state index in [4.69, 9.17) is 20.8 Å². The van der Waals surface area contributed by atoms with Crippen molar-refractivity contribution in [2.75, 3.05) is 6.73 Å². The zero-order valence-corrected chi connectivity index (χ0v) is 17.3. The largest absolute Gasteiger partial charge is 0.444 e. The van der Waals surface area contributed by atoms with Gasteiger partial charge in [-0.1, -0.05) is 60.1 Å². The van der Waals surface area contributed by atoms with E-state index in [1.165, 1.54) is 4.90 Å². The summed E-state index contributed by atoms with van der Waals surface area (Å²) >= 11 is 6.35. The minimum Gasteiger partial charge on any atom is -0.444 e. The van der Waals surface area contributed by atoms with E-state index in [0.717, 1.165) is 57.1 Å². The molecule has 2 heterocycles. The Morgan fingerprint density at radius 2 is 1.80 bits per heavy atom. The quantitative estimate of drug-likeness (QED) is 0.503. The number of rotatable bonds is 3. The number of fused-ring (bicyclic) bond motifs is 2. The molecule has 0 saturated heterocycles. The van der Waals surface area contributed by atoms with Gasteiger partial charge in [0, 0.05) is 33.2 Å². The molecule has 1 aliphatic heterocycles. The van der Waals surface area contributed by atoms with Gasteiger partial charge in [-0.05, 0) is 30.2 Å². The van der Waals surface area contributed by atoms with Crippen molar-refractivity contribution in [3.05, 3.63) is 98.9 Å². The van der Waals surface area contributed by atoms with E-state index in [-0.39, 0.29) is 5.63 Å². The maximum absolute atomic E-state index is 12.3. The van der Waals surface area contributed by atoms with Crippen LogP contribution in [0.4, 0.5) is 0 Å². The van der Waals surface area contributed by atoms with Gasteiger partial charge in [-0.2, -0.15) is 0 Å². The van der Waals surface area contributed by atoms with E-state index in [1.54, 1.807) is 6.07 Å². The highest BCUT2D eigenvalue weighted by Crippen LogP contribution is 2.36. The Bertz CT molecular complexity index is 1300. The summed E-state index contributed by atoms with van der Waals surface area (Å²) in [5, 5.41) is 1.71. The molecule has 5 heteroatoms. The van der Waals surface area contributed by atoms with Crippen molar-refractivity contribution >= 4 is 22.6 Å². The summed E-state index contributed by atoms with van der Waals surface area (Å²) in [4.78, 5) is 13.5. The Kier molecular flexibility index (Phi) is 4.81. The molecule has 0 amide bonds. The molecule has 4 aromatic rings. The number of aryl methyl sites for hydroxylation is 1. The van der Waals surface area contributed by atoms with Crippen molar-refractivity contribution in [1.29, 1.82) is 0 Å².